The number of carbonyl (C=O) groups is 1. The van der Waals surface area contributed by atoms with Crippen LogP contribution in [0.4, 0.5) is 5.69 Å². The number of β-amino-alcohol motifs (C(OH)–C–C–N with tert-alkyl or cyclic N) is 1. The second-order valence-electron chi connectivity index (χ2n) is 3.70. The third kappa shape index (κ3) is 1.42. The van der Waals surface area contributed by atoms with Crippen molar-refractivity contribution < 1.29 is 9.90 Å². The fourth-order valence-corrected chi connectivity index (χ4v) is 2.03. The summed E-state index contributed by atoms with van der Waals surface area (Å²) >= 11 is 0. The average molecular weight is 206 g/mol. The van der Waals surface area contributed by atoms with Gasteiger partial charge in [0.1, 0.15) is 6.04 Å². The van der Waals surface area contributed by atoms with Crippen LogP contribution in [-0.2, 0) is 4.79 Å². The van der Waals surface area contributed by atoms with Crippen molar-refractivity contribution in [2.24, 2.45) is 5.73 Å². The summed E-state index contributed by atoms with van der Waals surface area (Å²) in [7, 11) is 0. The summed E-state index contributed by atoms with van der Waals surface area (Å²) in [5.74, 6) is -0.131. The SMILES string of the molecule is Cc1cccc2c1N(CCO)C(=O)C2N. The van der Waals surface area contributed by atoms with E-state index in [0.29, 0.717) is 6.54 Å². The fourth-order valence-electron chi connectivity index (χ4n) is 2.03. The van der Waals surface area contributed by atoms with Gasteiger partial charge in [-0.05, 0) is 12.5 Å². The van der Waals surface area contributed by atoms with Crippen molar-refractivity contribution in [1.82, 2.24) is 0 Å². The normalized spacial score (nSPS) is 19.5. The van der Waals surface area contributed by atoms with Crippen LogP contribution in [0.15, 0.2) is 18.2 Å². The second-order valence-corrected chi connectivity index (χ2v) is 3.70. The summed E-state index contributed by atoms with van der Waals surface area (Å²) in [5, 5.41) is 8.91. The summed E-state index contributed by atoms with van der Waals surface area (Å²) in [4.78, 5) is 13.4. The van der Waals surface area contributed by atoms with E-state index in [-0.39, 0.29) is 12.5 Å². The molecule has 80 valence electrons. The number of aryl methyl sites for hydroxylation is 1. The number of aliphatic hydroxyl groups is 1. The van der Waals surface area contributed by atoms with Crippen LogP contribution in [0, 0.1) is 6.92 Å². The molecule has 1 aromatic carbocycles. The number of benzene rings is 1. The van der Waals surface area contributed by atoms with Gasteiger partial charge in [0.05, 0.1) is 12.3 Å². The Morgan fingerprint density at radius 3 is 2.93 bits per heavy atom. The molecule has 2 rings (SSSR count). The Labute approximate surface area is 88.3 Å². The molecule has 1 heterocycles. The van der Waals surface area contributed by atoms with E-state index in [1.165, 1.54) is 0 Å². The van der Waals surface area contributed by atoms with Crippen molar-refractivity contribution in [2.75, 3.05) is 18.1 Å². The molecule has 1 aliphatic rings. The summed E-state index contributed by atoms with van der Waals surface area (Å²) in [6, 6.07) is 5.12. The first kappa shape index (κ1) is 10.1. The molecule has 0 bridgehead atoms. The molecule has 3 N–H and O–H groups in total. The van der Waals surface area contributed by atoms with Gasteiger partial charge >= 0.3 is 0 Å². The number of carbonyl (C=O) groups excluding carboxylic acids is 1. The zero-order valence-corrected chi connectivity index (χ0v) is 8.60. The van der Waals surface area contributed by atoms with E-state index in [4.69, 9.17) is 10.8 Å². The van der Waals surface area contributed by atoms with Crippen LogP contribution >= 0.6 is 0 Å². The fraction of sp³-hybridized carbons (Fsp3) is 0.364. The molecule has 4 heteroatoms. The number of amides is 1. The number of hydrogen-bond acceptors (Lipinski definition) is 3. The van der Waals surface area contributed by atoms with Crippen molar-refractivity contribution in [1.29, 1.82) is 0 Å². The standard InChI is InChI=1S/C11H14N2O2/c1-7-3-2-4-8-9(12)11(15)13(5-6-14)10(7)8/h2-4,9,14H,5-6,12H2,1H3. The maximum atomic E-state index is 11.8. The van der Waals surface area contributed by atoms with E-state index in [9.17, 15) is 4.79 Å². The van der Waals surface area contributed by atoms with E-state index >= 15 is 0 Å². The van der Waals surface area contributed by atoms with Gasteiger partial charge in [-0.25, -0.2) is 0 Å². The van der Waals surface area contributed by atoms with Gasteiger partial charge in [0.25, 0.3) is 0 Å². The van der Waals surface area contributed by atoms with Crippen LogP contribution in [0.3, 0.4) is 0 Å². The highest BCUT2D eigenvalue weighted by Gasteiger charge is 2.35. The highest BCUT2D eigenvalue weighted by atomic mass is 16.3. The van der Waals surface area contributed by atoms with Gasteiger partial charge in [0.2, 0.25) is 5.91 Å². The number of nitrogens with two attached hydrogens (primary N) is 1. The first-order valence-corrected chi connectivity index (χ1v) is 4.94. The number of aliphatic hydroxyl groups excluding tert-OH is 1. The van der Waals surface area contributed by atoms with Crippen molar-refractivity contribution in [3.05, 3.63) is 29.3 Å². The number of nitrogens with zero attached hydrogens (tertiary/aromatic N) is 1. The number of rotatable bonds is 2. The van der Waals surface area contributed by atoms with Gasteiger partial charge in [-0.2, -0.15) is 0 Å². The minimum absolute atomic E-state index is 0.0494. The lowest BCUT2D eigenvalue weighted by Crippen LogP contribution is -2.34. The van der Waals surface area contributed by atoms with Crippen LogP contribution in [0.2, 0.25) is 0 Å². The maximum Gasteiger partial charge on any atom is 0.248 e. The number of anilines is 1. The minimum Gasteiger partial charge on any atom is -0.395 e. The molecular formula is C11H14N2O2. The zero-order chi connectivity index (χ0) is 11.0. The van der Waals surface area contributed by atoms with Crippen LogP contribution in [0.5, 0.6) is 0 Å². The smallest absolute Gasteiger partial charge is 0.248 e. The van der Waals surface area contributed by atoms with Gasteiger partial charge < -0.3 is 15.7 Å². The highest BCUT2D eigenvalue weighted by molar-refractivity contribution is 6.05. The lowest BCUT2D eigenvalue weighted by Gasteiger charge is -2.17. The van der Waals surface area contributed by atoms with E-state index < -0.39 is 6.04 Å². The molecule has 4 nitrogen and oxygen atoms in total. The molecule has 1 unspecified atom stereocenters. The predicted molar refractivity (Wildman–Crippen MR) is 57.5 cm³/mol. The molecule has 15 heavy (non-hydrogen) atoms. The minimum atomic E-state index is -0.577. The maximum absolute atomic E-state index is 11.8. The lowest BCUT2D eigenvalue weighted by molar-refractivity contribution is -0.119. The monoisotopic (exact) mass is 206 g/mol. The van der Waals surface area contributed by atoms with E-state index in [0.717, 1.165) is 16.8 Å². The number of hydrogen-bond donors (Lipinski definition) is 2. The van der Waals surface area contributed by atoms with Crippen LogP contribution < -0.4 is 10.6 Å². The summed E-state index contributed by atoms with van der Waals surface area (Å²) in [5.41, 5.74) is 8.54. The van der Waals surface area contributed by atoms with Crippen LogP contribution in [0.25, 0.3) is 0 Å². The Bertz CT molecular complexity index is 404. The van der Waals surface area contributed by atoms with Crippen molar-refractivity contribution in [3.63, 3.8) is 0 Å². The van der Waals surface area contributed by atoms with E-state index in [1.54, 1.807) is 4.90 Å². The molecule has 0 saturated heterocycles. The predicted octanol–water partition coefficient (Wildman–Crippen LogP) is 0.334. The first-order valence-electron chi connectivity index (χ1n) is 4.94. The van der Waals surface area contributed by atoms with E-state index in [1.807, 2.05) is 25.1 Å². The van der Waals surface area contributed by atoms with Gasteiger partial charge in [0.15, 0.2) is 0 Å². The third-order valence-corrected chi connectivity index (χ3v) is 2.73. The molecule has 1 amide bonds. The summed E-state index contributed by atoms with van der Waals surface area (Å²) in [6.45, 7) is 2.20. The molecule has 1 aliphatic heterocycles. The largest absolute Gasteiger partial charge is 0.395 e. The quantitative estimate of drug-likeness (QED) is 0.733. The Hall–Kier alpha value is -1.39. The van der Waals surface area contributed by atoms with Gasteiger partial charge in [0, 0.05) is 12.1 Å². The highest BCUT2D eigenvalue weighted by Crippen LogP contribution is 2.36. The molecule has 0 radical (unpaired) electrons. The molecule has 1 atom stereocenters. The Kier molecular flexibility index (Phi) is 2.46. The van der Waals surface area contributed by atoms with Gasteiger partial charge in [-0.3, -0.25) is 4.79 Å². The third-order valence-electron chi connectivity index (χ3n) is 2.73. The Morgan fingerprint density at radius 1 is 1.53 bits per heavy atom. The Balaban J connectivity index is 2.51. The summed E-state index contributed by atoms with van der Waals surface area (Å²) < 4.78 is 0. The van der Waals surface area contributed by atoms with Crippen molar-refractivity contribution in [3.8, 4) is 0 Å². The molecule has 0 aliphatic carbocycles. The molecular weight excluding hydrogens is 192 g/mol. The number of para-hydroxylation sites is 1. The van der Waals surface area contributed by atoms with Crippen molar-refractivity contribution in [2.45, 2.75) is 13.0 Å². The van der Waals surface area contributed by atoms with Crippen LogP contribution in [0.1, 0.15) is 17.2 Å². The number of fused-ring (bicyclic) bond motifs is 1. The Morgan fingerprint density at radius 2 is 2.27 bits per heavy atom. The second kappa shape index (κ2) is 3.64. The first-order chi connectivity index (χ1) is 7.16. The molecule has 1 aromatic rings. The molecule has 0 aromatic heterocycles. The van der Waals surface area contributed by atoms with Crippen LogP contribution in [-0.4, -0.2) is 24.2 Å². The molecule has 0 spiro atoms. The van der Waals surface area contributed by atoms with Gasteiger partial charge in [-0.1, -0.05) is 18.2 Å². The van der Waals surface area contributed by atoms with Gasteiger partial charge in [-0.15, -0.1) is 0 Å². The van der Waals surface area contributed by atoms with E-state index in [2.05, 4.69) is 0 Å². The average Bonchev–Trinajstić information content (AvgIpc) is 2.46. The molecule has 0 saturated carbocycles. The molecule has 0 fully saturated rings. The topological polar surface area (TPSA) is 66.6 Å². The lowest BCUT2D eigenvalue weighted by atomic mass is 10.1. The van der Waals surface area contributed by atoms with Crippen molar-refractivity contribution >= 4 is 11.6 Å². The summed E-state index contributed by atoms with van der Waals surface area (Å²) in [6.07, 6.45) is 0. The zero-order valence-electron chi connectivity index (χ0n) is 8.60.